The summed E-state index contributed by atoms with van der Waals surface area (Å²) in [6, 6.07) is 0. The first-order chi connectivity index (χ1) is 13.9. The highest BCUT2D eigenvalue weighted by atomic mass is 28.4. The molecule has 2 aliphatic rings. The summed E-state index contributed by atoms with van der Waals surface area (Å²) in [6.45, 7) is 27.7. The minimum Gasteiger partial charge on any atom is -0.414 e. The third-order valence-electron chi connectivity index (χ3n) is 7.80. The van der Waals surface area contributed by atoms with Gasteiger partial charge in [0.05, 0.1) is 5.60 Å². The second-order valence-corrected chi connectivity index (χ2v) is 22.5. The largest absolute Gasteiger partial charge is 0.414 e. The van der Waals surface area contributed by atoms with Gasteiger partial charge in [-0.15, -0.1) is 5.73 Å². The molecule has 0 aromatic heterocycles. The molecule has 31 heavy (non-hydrogen) atoms. The van der Waals surface area contributed by atoms with Crippen LogP contribution < -0.4 is 0 Å². The summed E-state index contributed by atoms with van der Waals surface area (Å²) < 4.78 is 13.3. The molecule has 178 valence electrons. The Labute approximate surface area is 195 Å². The molecule has 2 nitrogen and oxygen atoms in total. The summed E-state index contributed by atoms with van der Waals surface area (Å²) in [7, 11) is -3.33. The maximum atomic E-state index is 6.65. The maximum absolute atomic E-state index is 6.65. The second kappa shape index (κ2) is 9.10. The summed E-state index contributed by atoms with van der Waals surface area (Å²) in [6.07, 6.45) is 12.3. The van der Waals surface area contributed by atoms with Gasteiger partial charge >= 0.3 is 0 Å². The molecule has 0 spiro atoms. The van der Waals surface area contributed by atoms with Crippen molar-refractivity contribution in [3.63, 3.8) is 0 Å². The van der Waals surface area contributed by atoms with Gasteiger partial charge in [0, 0.05) is 12.0 Å². The highest BCUT2D eigenvalue weighted by molar-refractivity contribution is 6.74. The normalized spacial score (nSPS) is 28.5. The van der Waals surface area contributed by atoms with E-state index in [1.54, 1.807) is 5.57 Å². The van der Waals surface area contributed by atoms with Crippen LogP contribution in [0.1, 0.15) is 74.1 Å². The average molecular weight is 463 g/mol. The Balaban J connectivity index is 2.13. The van der Waals surface area contributed by atoms with Gasteiger partial charge in [-0.2, -0.15) is 0 Å². The van der Waals surface area contributed by atoms with E-state index >= 15 is 0 Å². The molecule has 0 unspecified atom stereocenters. The predicted molar refractivity (Wildman–Crippen MR) is 141 cm³/mol. The van der Waals surface area contributed by atoms with Gasteiger partial charge in [-0.1, -0.05) is 52.7 Å². The number of hydrogen-bond acceptors (Lipinski definition) is 2. The van der Waals surface area contributed by atoms with E-state index in [2.05, 4.69) is 105 Å². The van der Waals surface area contributed by atoms with E-state index in [1.165, 1.54) is 25.7 Å². The van der Waals surface area contributed by atoms with Crippen LogP contribution >= 0.6 is 0 Å². The highest BCUT2D eigenvalue weighted by Gasteiger charge is 2.49. The van der Waals surface area contributed by atoms with Gasteiger partial charge in [-0.3, -0.25) is 0 Å². The van der Waals surface area contributed by atoms with E-state index in [4.69, 9.17) is 8.85 Å². The Bertz CT molecular complexity index is 729. The first-order valence-electron chi connectivity index (χ1n) is 12.4. The van der Waals surface area contributed by atoms with Crippen molar-refractivity contribution in [3.8, 4) is 0 Å². The first-order valence-corrected chi connectivity index (χ1v) is 18.7. The second-order valence-electron chi connectivity index (χ2n) is 13.3. The van der Waals surface area contributed by atoms with E-state index in [-0.39, 0.29) is 16.1 Å². The van der Waals surface area contributed by atoms with E-state index < -0.39 is 16.6 Å². The Morgan fingerprint density at radius 2 is 1.74 bits per heavy atom. The fourth-order valence-electron chi connectivity index (χ4n) is 5.35. The molecule has 4 atom stereocenters. The van der Waals surface area contributed by atoms with Crippen LogP contribution in [-0.2, 0) is 8.85 Å². The van der Waals surface area contributed by atoms with E-state index in [9.17, 15) is 0 Å². The average Bonchev–Trinajstić information content (AvgIpc) is 2.89. The van der Waals surface area contributed by atoms with Crippen molar-refractivity contribution in [2.45, 2.75) is 124 Å². The quantitative estimate of drug-likeness (QED) is 0.214. The summed E-state index contributed by atoms with van der Waals surface area (Å²) in [5, 5.41) is 0.211. The van der Waals surface area contributed by atoms with Crippen molar-refractivity contribution in [1.82, 2.24) is 0 Å². The van der Waals surface area contributed by atoms with Crippen molar-refractivity contribution in [3.05, 3.63) is 29.5 Å². The van der Waals surface area contributed by atoms with Gasteiger partial charge < -0.3 is 8.85 Å². The van der Waals surface area contributed by atoms with Crippen LogP contribution in [0.25, 0.3) is 0 Å². The molecule has 1 fully saturated rings. The van der Waals surface area contributed by atoms with Gasteiger partial charge in [0.1, 0.15) is 0 Å². The zero-order valence-corrected chi connectivity index (χ0v) is 24.6. The lowest BCUT2D eigenvalue weighted by atomic mass is 9.63. The van der Waals surface area contributed by atoms with Gasteiger partial charge in [0.15, 0.2) is 16.6 Å². The minimum absolute atomic E-state index is 0.211. The monoisotopic (exact) mass is 462 g/mol. The molecule has 0 aliphatic heterocycles. The number of fused-ring (bicyclic) bond motifs is 1. The molecule has 0 aromatic carbocycles. The van der Waals surface area contributed by atoms with Crippen LogP contribution in [-0.4, -0.2) is 28.3 Å². The molecular formula is C27H50O2Si2. The molecule has 2 rings (SSSR count). The fourth-order valence-corrected chi connectivity index (χ4v) is 8.22. The van der Waals surface area contributed by atoms with Crippen molar-refractivity contribution in [2.75, 3.05) is 0 Å². The van der Waals surface area contributed by atoms with Gasteiger partial charge in [-0.25, -0.2) is 0 Å². The van der Waals surface area contributed by atoms with Crippen LogP contribution in [0.4, 0.5) is 0 Å². The Morgan fingerprint density at radius 1 is 1.13 bits per heavy atom. The molecule has 0 radical (unpaired) electrons. The summed E-state index contributed by atoms with van der Waals surface area (Å²) in [5.74, 6) is 1.04. The van der Waals surface area contributed by atoms with E-state index in [0.717, 1.165) is 0 Å². The summed E-state index contributed by atoms with van der Waals surface area (Å²) >= 11 is 0. The molecule has 0 amide bonds. The van der Waals surface area contributed by atoms with E-state index in [1.807, 2.05) is 0 Å². The summed E-state index contributed by atoms with van der Waals surface area (Å²) in [4.78, 5) is 0. The van der Waals surface area contributed by atoms with Gasteiger partial charge in [-0.05, 0) is 94.4 Å². The molecule has 0 saturated heterocycles. The van der Waals surface area contributed by atoms with Crippen LogP contribution in [0.5, 0.6) is 0 Å². The van der Waals surface area contributed by atoms with Gasteiger partial charge in [0.25, 0.3) is 0 Å². The van der Waals surface area contributed by atoms with Crippen LogP contribution in [0.3, 0.4) is 0 Å². The molecule has 4 heteroatoms. The molecule has 0 heterocycles. The Kier molecular flexibility index (Phi) is 7.89. The van der Waals surface area contributed by atoms with Gasteiger partial charge in [0.2, 0.25) is 0 Å². The van der Waals surface area contributed by atoms with Crippen LogP contribution in [0.2, 0.25) is 37.8 Å². The van der Waals surface area contributed by atoms with Crippen LogP contribution in [0.15, 0.2) is 29.5 Å². The minimum atomic E-state index is -1.81. The third-order valence-corrected chi connectivity index (χ3v) is 13.5. The van der Waals surface area contributed by atoms with Crippen molar-refractivity contribution in [2.24, 2.45) is 17.3 Å². The molecule has 0 bridgehead atoms. The zero-order chi connectivity index (χ0) is 23.9. The number of hydrogen-bond donors (Lipinski definition) is 0. The Hall–Kier alpha value is -0.386. The lowest BCUT2D eigenvalue weighted by Gasteiger charge is -2.46. The van der Waals surface area contributed by atoms with Crippen molar-refractivity contribution < 1.29 is 8.85 Å². The molecule has 0 N–H and O–H groups in total. The predicted octanol–water partition coefficient (Wildman–Crippen LogP) is 8.49. The fraction of sp³-hybridized carbons (Fsp3) is 0.815. The Morgan fingerprint density at radius 3 is 2.29 bits per heavy atom. The van der Waals surface area contributed by atoms with E-state index in [0.29, 0.717) is 17.9 Å². The smallest absolute Gasteiger partial charge is 0.193 e. The standard InChI is InChI=1S/C27H50O2Si2/c1-21(15-13-19-26(5,6)29-31(11,12)25(2,3)4)22-17-18-23-24(28-30(8,9)10)16-14-20-27(22,23)7/h15,17,19,21,23-24H,14,16,18,20H2,1-12H3/t13?,21-,23+,24+,27-/m1/s1. The molecule has 2 aliphatic carbocycles. The highest BCUT2D eigenvalue weighted by Crippen LogP contribution is 2.55. The molecule has 1 saturated carbocycles. The SMILES string of the molecule is C[C@H](C=C=CC(C)(C)O[Si](C)(C)C(C)(C)C)C1=CC[C@H]2[C@@H](O[Si](C)(C)C)CCC[C@]12C. The molecule has 0 aromatic rings. The maximum Gasteiger partial charge on any atom is 0.193 e. The number of allylic oxidation sites excluding steroid dienone is 2. The summed E-state index contributed by atoms with van der Waals surface area (Å²) in [5.41, 5.74) is 5.10. The first kappa shape index (κ1) is 26.9. The lowest BCUT2D eigenvalue weighted by Crippen LogP contribution is -2.46. The third kappa shape index (κ3) is 6.57. The lowest BCUT2D eigenvalue weighted by molar-refractivity contribution is 0.0212. The number of rotatable bonds is 7. The zero-order valence-electron chi connectivity index (χ0n) is 22.6. The van der Waals surface area contributed by atoms with Crippen LogP contribution in [0, 0.1) is 17.3 Å². The van der Waals surface area contributed by atoms with Crippen molar-refractivity contribution >= 4 is 16.6 Å². The molecular weight excluding hydrogens is 412 g/mol. The topological polar surface area (TPSA) is 18.5 Å². The van der Waals surface area contributed by atoms with Crippen molar-refractivity contribution in [1.29, 1.82) is 0 Å².